The van der Waals surface area contributed by atoms with Crippen molar-refractivity contribution in [1.29, 1.82) is 0 Å². The fourth-order valence-electron chi connectivity index (χ4n) is 1.22. The number of carboxylic acid groups (broad SMARTS) is 1. The summed E-state index contributed by atoms with van der Waals surface area (Å²) in [7, 11) is 0. The van der Waals surface area contributed by atoms with Crippen LogP contribution < -0.4 is 0 Å². The highest BCUT2D eigenvalue weighted by Crippen LogP contribution is 2.13. The number of unbranched alkanes of at least 4 members (excludes halogenated alkanes) is 1. The van der Waals surface area contributed by atoms with Gasteiger partial charge in [0.1, 0.15) is 0 Å². The number of hydrogen-bond donors (Lipinski definition) is 1. The van der Waals surface area contributed by atoms with Crippen LogP contribution in [0.5, 0.6) is 0 Å². The van der Waals surface area contributed by atoms with E-state index in [2.05, 4.69) is 13.8 Å². The van der Waals surface area contributed by atoms with Gasteiger partial charge in [0.15, 0.2) is 0 Å². The highest BCUT2D eigenvalue weighted by molar-refractivity contribution is 5.70. The summed E-state index contributed by atoms with van der Waals surface area (Å²) in [5.74, 6) is -0.836. The molecule has 0 heterocycles. The summed E-state index contributed by atoms with van der Waals surface area (Å²) >= 11 is 0. The molecule has 1 unspecified atom stereocenters. The zero-order valence-corrected chi connectivity index (χ0v) is 8.62. The molecule has 0 aliphatic rings. The van der Waals surface area contributed by atoms with E-state index in [9.17, 15) is 4.79 Å². The molecule has 0 fully saturated rings. The second kappa shape index (κ2) is 7.84. The molecule has 2 nitrogen and oxygen atoms in total. The Morgan fingerprint density at radius 3 is 2.54 bits per heavy atom. The average Bonchev–Trinajstić information content (AvgIpc) is 2.10. The maximum Gasteiger partial charge on any atom is 0.306 e. The van der Waals surface area contributed by atoms with Crippen LogP contribution in [0.1, 0.15) is 46.0 Å². The quantitative estimate of drug-likeness (QED) is 0.617. The second-order valence-electron chi connectivity index (χ2n) is 3.29. The number of carbonyl (C=O) groups is 1. The minimum absolute atomic E-state index is 0.178. The Kier molecular flexibility index (Phi) is 7.36. The standard InChI is InChI=1S/C11H20O2/c1-3-5-7-9-10(11(12)13)8-6-4-2/h5,7,10H,3-4,6,8-9H2,1-2H3,(H,12,13)/b7-5+. The van der Waals surface area contributed by atoms with Crippen LogP contribution in [0.4, 0.5) is 0 Å². The summed E-state index contributed by atoms with van der Waals surface area (Å²) in [6, 6.07) is 0. The van der Waals surface area contributed by atoms with Crippen molar-refractivity contribution in [3.63, 3.8) is 0 Å². The third-order valence-electron chi connectivity index (χ3n) is 2.08. The first-order valence-electron chi connectivity index (χ1n) is 5.10. The number of hydrogen-bond acceptors (Lipinski definition) is 1. The van der Waals surface area contributed by atoms with Crippen molar-refractivity contribution >= 4 is 5.97 Å². The second-order valence-corrected chi connectivity index (χ2v) is 3.29. The van der Waals surface area contributed by atoms with E-state index in [4.69, 9.17) is 5.11 Å². The van der Waals surface area contributed by atoms with Crippen LogP contribution in [-0.2, 0) is 4.79 Å². The first kappa shape index (κ1) is 12.2. The molecule has 0 rings (SSSR count). The fourth-order valence-corrected chi connectivity index (χ4v) is 1.22. The predicted molar refractivity (Wildman–Crippen MR) is 54.7 cm³/mol. The summed E-state index contributed by atoms with van der Waals surface area (Å²) < 4.78 is 0. The molecule has 0 aliphatic carbocycles. The molecule has 0 spiro atoms. The highest BCUT2D eigenvalue weighted by atomic mass is 16.4. The van der Waals surface area contributed by atoms with Gasteiger partial charge >= 0.3 is 5.97 Å². The summed E-state index contributed by atoms with van der Waals surface area (Å²) in [5.41, 5.74) is 0. The monoisotopic (exact) mass is 184 g/mol. The molecular weight excluding hydrogens is 164 g/mol. The summed E-state index contributed by atoms with van der Waals surface area (Å²) in [4.78, 5) is 10.8. The van der Waals surface area contributed by atoms with E-state index in [-0.39, 0.29) is 5.92 Å². The van der Waals surface area contributed by atoms with Crippen LogP contribution >= 0.6 is 0 Å². The Labute approximate surface area is 80.7 Å². The smallest absolute Gasteiger partial charge is 0.306 e. The van der Waals surface area contributed by atoms with E-state index in [1.54, 1.807) is 0 Å². The molecule has 1 atom stereocenters. The van der Waals surface area contributed by atoms with Gasteiger partial charge in [0, 0.05) is 0 Å². The lowest BCUT2D eigenvalue weighted by molar-refractivity contribution is -0.141. The van der Waals surface area contributed by atoms with E-state index in [0.29, 0.717) is 6.42 Å². The molecule has 0 saturated heterocycles. The Morgan fingerprint density at radius 1 is 1.38 bits per heavy atom. The molecule has 76 valence electrons. The number of carboxylic acids is 1. The van der Waals surface area contributed by atoms with Gasteiger partial charge in [0.05, 0.1) is 5.92 Å². The van der Waals surface area contributed by atoms with Crippen molar-refractivity contribution in [2.24, 2.45) is 5.92 Å². The molecule has 0 bridgehead atoms. The van der Waals surface area contributed by atoms with Crippen LogP contribution in [0.25, 0.3) is 0 Å². The zero-order valence-electron chi connectivity index (χ0n) is 8.62. The van der Waals surface area contributed by atoms with Gasteiger partial charge in [-0.3, -0.25) is 4.79 Å². The molecule has 0 aromatic rings. The largest absolute Gasteiger partial charge is 0.481 e. The van der Waals surface area contributed by atoms with Crippen LogP contribution in [0.3, 0.4) is 0 Å². The van der Waals surface area contributed by atoms with Crippen LogP contribution in [-0.4, -0.2) is 11.1 Å². The SMILES string of the molecule is CC/C=C/CC(CCCC)C(=O)O. The third kappa shape index (κ3) is 6.38. The van der Waals surface area contributed by atoms with Gasteiger partial charge in [-0.15, -0.1) is 0 Å². The molecule has 0 radical (unpaired) electrons. The molecule has 0 aromatic heterocycles. The molecule has 1 N–H and O–H groups in total. The topological polar surface area (TPSA) is 37.3 Å². The van der Waals surface area contributed by atoms with E-state index in [1.165, 1.54) is 0 Å². The lowest BCUT2D eigenvalue weighted by Gasteiger charge is -2.08. The first-order valence-corrected chi connectivity index (χ1v) is 5.10. The van der Waals surface area contributed by atoms with E-state index in [1.807, 2.05) is 12.2 Å². The number of rotatable bonds is 7. The Balaban J connectivity index is 3.80. The summed E-state index contributed by atoms with van der Waals surface area (Å²) in [6.45, 7) is 4.14. The van der Waals surface area contributed by atoms with Crippen molar-refractivity contribution in [1.82, 2.24) is 0 Å². The van der Waals surface area contributed by atoms with Crippen LogP contribution in [0.15, 0.2) is 12.2 Å². The van der Waals surface area contributed by atoms with Crippen molar-refractivity contribution in [2.75, 3.05) is 0 Å². The van der Waals surface area contributed by atoms with E-state index in [0.717, 1.165) is 25.7 Å². The van der Waals surface area contributed by atoms with Crippen molar-refractivity contribution in [3.05, 3.63) is 12.2 Å². The molecular formula is C11H20O2. The zero-order chi connectivity index (χ0) is 10.1. The first-order chi connectivity index (χ1) is 6.22. The van der Waals surface area contributed by atoms with Crippen molar-refractivity contribution < 1.29 is 9.90 Å². The lowest BCUT2D eigenvalue weighted by atomic mass is 9.98. The molecule has 0 aliphatic heterocycles. The molecule has 2 heteroatoms. The summed E-state index contributed by atoms with van der Waals surface area (Å²) in [6.07, 6.45) is 8.57. The summed E-state index contributed by atoms with van der Waals surface area (Å²) in [5, 5.41) is 8.87. The Morgan fingerprint density at radius 2 is 2.08 bits per heavy atom. The van der Waals surface area contributed by atoms with E-state index < -0.39 is 5.97 Å². The number of allylic oxidation sites excluding steroid dienone is 2. The minimum Gasteiger partial charge on any atom is -0.481 e. The van der Waals surface area contributed by atoms with Gasteiger partial charge in [0.2, 0.25) is 0 Å². The maximum atomic E-state index is 10.8. The lowest BCUT2D eigenvalue weighted by Crippen LogP contribution is -2.12. The van der Waals surface area contributed by atoms with Crippen LogP contribution in [0, 0.1) is 5.92 Å². The van der Waals surface area contributed by atoms with Crippen molar-refractivity contribution in [3.8, 4) is 0 Å². The molecule has 0 amide bonds. The van der Waals surface area contributed by atoms with Gasteiger partial charge in [-0.25, -0.2) is 0 Å². The predicted octanol–water partition coefficient (Wildman–Crippen LogP) is 3.23. The van der Waals surface area contributed by atoms with Crippen LogP contribution in [0.2, 0.25) is 0 Å². The minimum atomic E-state index is -0.658. The number of aliphatic carboxylic acids is 1. The highest BCUT2D eigenvalue weighted by Gasteiger charge is 2.14. The molecule has 0 aromatic carbocycles. The normalized spacial score (nSPS) is 13.4. The fraction of sp³-hybridized carbons (Fsp3) is 0.727. The third-order valence-corrected chi connectivity index (χ3v) is 2.08. The van der Waals surface area contributed by atoms with E-state index >= 15 is 0 Å². The Bertz CT molecular complexity index is 161. The molecule has 0 saturated carbocycles. The Hall–Kier alpha value is -0.790. The average molecular weight is 184 g/mol. The van der Waals surface area contributed by atoms with Gasteiger partial charge in [-0.1, -0.05) is 38.8 Å². The molecule has 13 heavy (non-hydrogen) atoms. The van der Waals surface area contributed by atoms with Gasteiger partial charge < -0.3 is 5.11 Å². The maximum absolute atomic E-state index is 10.8. The van der Waals surface area contributed by atoms with Crippen molar-refractivity contribution in [2.45, 2.75) is 46.0 Å². The van der Waals surface area contributed by atoms with Gasteiger partial charge in [-0.05, 0) is 19.3 Å². The van der Waals surface area contributed by atoms with Gasteiger partial charge in [-0.2, -0.15) is 0 Å². The van der Waals surface area contributed by atoms with Gasteiger partial charge in [0.25, 0.3) is 0 Å².